The topological polar surface area (TPSA) is 92.2 Å². The van der Waals surface area contributed by atoms with Gasteiger partial charge in [-0.1, -0.05) is 23.9 Å². The fourth-order valence-electron chi connectivity index (χ4n) is 3.16. The number of thioether (sulfide) groups is 1. The molecule has 4 rings (SSSR count). The lowest BCUT2D eigenvalue weighted by Gasteiger charge is -2.06. The molecule has 0 saturated heterocycles. The Bertz CT molecular complexity index is 1010. The van der Waals surface area contributed by atoms with Crippen LogP contribution in [0.2, 0.25) is 0 Å². The Balaban J connectivity index is 1.37. The van der Waals surface area contributed by atoms with Gasteiger partial charge >= 0.3 is 5.97 Å². The van der Waals surface area contributed by atoms with Crippen LogP contribution >= 0.6 is 23.1 Å². The van der Waals surface area contributed by atoms with E-state index < -0.39 is 5.97 Å². The number of benzene rings is 1. The minimum atomic E-state index is -0.960. The molecule has 27 heavy (non-hydrogen) atoms. The van der Waals surface area contributed by atoms with E-state index in [-0.39, 0.29) is 17.2 Å². The molecule has 2 heterocycles. The molecule has 2 aromatic heterocycles. The van der Waals surface area contributed by atoms with E-state index in [1.807, 2.05) is 0 Å². The van der Waals surface area contributed by atoms with Crippen LogP contribution in [0.5, 0.6) is 0 Å². The highest BCUT2D eigenvalue weighted by molar-refractivity contribution is 8.00. The number of carboxylic acids is 1. The van der Waals surface area contributed by atoms with Crippen LogP contribution in [0.1, 0.15) is 32.8 Å². The summed E-state index contributed by atoms with van der Waals surface area (Å²) in [5.41, 5.74) is 2.45. The molecule has 3 aromatic rings. The Labute approximate surface area is 164 Å². The molecule has 0 fully saturated rings. The summed E-state index contributed by atoms with van der Waals surface area (Å²) >= 11 is 3.17. The number of hydrogen-bond acceptors (Lipinski definition) is 6. The molecule has 1 aromatic carbocycles. The third kappa shape index (κ3) is 3.81. The molecule has 6 nitrogen and oxygen atoms in total. The van der Waals surface area contributed by atoms with Gasteiger partial charge in [0.1, 0.15) is 16.2 Å². The van der Waals surface area contributed by atoms with Crippen LogP contribution < -0.4 is 5.32 Å². The predicted molar refractivity (Wildman–Crippen MR) is 105 cm³/mol. The van der Waals surface area contributed by atoms with E-state index in [0.29, 0.717) is 6.54 Å². The molecule has 0 bridgehead atoms. The first kappa shape index (κ1) is 17.9. The first-order valence-corrected chi connectivity index (χ1v) is 10.4. The number of aromatic nitrogens is 2. The van der Waals surface area contributed by atoms with Gasteiger partial charge in [-0.15, -0.1) is 11.3 Å². The fourth-order valence-corrected chi connectivity index (χ4v) is 5.31. The van der Waals surface area contributed by atoms with Crippen LogP contribution in [0.3, 0.4) is 0 Å². The summed E-state index contributed by atoms with van der Waals surface area (Å²) in [5.74, 6) is -0.761. The van der Waals surface area contributed by atoms with Crippen molar-refractivity contribution in [1.29, 1.82) is 0 Å². The van der Waals surface area contributed by atoms with E-state index in [1.165, 1.54) is 40.8 Å². The van der Waals surface area contributed by atoms with Crippen molar-refractivity contribution in [3.05, 3.63) is 52.2 Å². The second-order valence-electron chi connectivity index (χ2n) is 6.28. The predicted octanol–water partition coefficient (Wildman–Crippen LogP) is 3.29. The zero-order valence-corrected chi connectivity index (χ0v) is 16.0. The average Bonchev–Trinajstić information content (AvgIpc) is 3.26. The van der Waals surface area contributed by atoms with Gasteiger partial charge in [-0.3, -0.25) is 4.79 Å². The van der Waals surface area contributed by atoms with Crippen LogP contribution in [-0.2, 0) is 24.2 Å². The van der Waals surface area contributed by atoms with E-state index >= 15 is 0 Å². The summed E-state index contributed by atoms with van der Waals surface area (Å²) in [4.78, 5) is 34.3. The molecule has 138 valence electrons. The first-order valence-electron chi connectivity index (χ1n) is 8.59. The Hall–Kier alpha value is -2.45. The quantitative estimate of drug-likeness (QED) is 0.488. The van der Waals surface area contributed by atoms with Crippen molar-refractivity contribution >= 4 is 45.2 Å². The zero-order valence-electron chi connectivity index (χ0n) is 14.4. The summed E-state index contributed by atoms with van der Waals surface area (Å²) in [6, 6.07) is 6.49. The van der Waals surface area contributed by atoms with Crippen LogP contribution in [0.4, 0.5) is 0 Å². The number of hydrogen-bond donors (Lipinski definition) is 2. The van der Waals surface area contributed by atoms with Crippen LogP contribution in [0.15, 0.2) is 35.6 Å². The molecule has 1 amide bonds. The molecule has 8 heteroatoms. The molecule has 0 radical (unpaired) electrons. The van der Waals surface area contributed by atoms with Gasteiger partial charge in [0, 0.05) is 16.8 Å². The summed E-state index contributed by atoms with van der Waals surface area (Å²) in [7, 11) is 0. The summed E-state index contributed by atoms with van der Waals surface area (Å²) in [5, 5.41) is 13.8. The maximum atomic E-state index is 12.2. The molecule has 2 N–H and O–H groups in total. The average molecular weight is 399 g/mol. The maximum absolute atomic E-state index is 12.2. The monoisotopic (exact) mass is 399 g/mol. The van der Waals surface area contributed by atoms with Gasteiger partial charge in [0.05, 0.1) is 11.3 Å². The summed E-state index contributed by atoms with van der Waals surface area (Å²) in [6.45, 7) is 0.367. The van der Waals surface area contributed by atoms with Crippen molar-refractivity contribution in [3.8, 4) is 0 Å². The Morgan fingerprint density at radius 3 is 2.78 bits per heavy atom. The van der Waals surface area contributed by atoms with Gasteiger partial charge in [-0.05, 0) is 42.5 Å². The number of amides is 1. The summed E-state index contributed by atoms with van der Waals surface area (Å²) in [6.07, 6.45) is 4.92. The van der Waals surface area contributed by atoms with E-state index in [9.17, 15) is 9.59 Å². The van der Waals surface area contributed by atoms with Gasteiger partial charge in [-0.25, -0.2) is 14.8 Å². The van der Waals surface area contributed by atoms with Crippen molar-refractivity contribution in [2.45, 2.75) is 30.8 Å². The highest BCUT2D eigenvalue weighted by atomic mass is 32.2. The van der Waals surface area contributed by atoms with Gasteiger partial charge in [0.15, 0.2) is 0 Å². The van der Waals surface area contributed by atoms with Crippen molar-refractivity contribution < 1.29 is 14.7 Å². The SMILES string of the molecule is O=C(CSc1ncnc2sc3c(c12)CCC3)NCc1ccc(C(=O)O)cc1. The van der Waals surface area contributed by atoms with Crippen molar-refractivity contribution in [2.75, 3.05) is 5.75 Å². The molecule has 0 saturated carbocycles. The Morgan fingerprint density at radius 1 is 1.19 bits per heavy atom. The standard InChI is InChI=1S/C19H17N3O3S2/c23-15(20-8-11-4-6-12(7-5-11)19(24)25)9-26-17-16-13-2-1-3-14(13)27-18(16)22-10-21-17/h4-7,10H,1-3,8-9H2,(H,20,23)(H,24,25). The number of aryl methyl sites for hydroxylation is 2. The molecule has 1 aliphatic carbocycles. The maximum Gasteiger partial charge on any atom is 0.335 e. The molecule has 0 unspecified atom stereocenters. The van der Waals surface area contributed by atoms with Gasteiger partial charge < -0.3 is 10.4 Å². The minimum absolute atomic E-state index is 0.0825. The summed E-state index contributed by atoms with van der Waals surface area (Å²) < 4.78 is 0. The number of nitrogens with one attached hydrogen (secondary N) is 1. The number of carbonyl (C=O) groups is 2. The van der Waals surface area contributed by atoms with Crippen molar-refractivity contribution in [1.82, 2.24) is 15.3 Å². The number of carbonyl (C=O) groups excluding carboxylic acids is 1. The molecule has 1 aliphatic rings. The van der Waals surface area contributed by atoms with Crippen LogP contribution in [-0.4, -0.2) is 32.7 Å². The molecule has 0 aliphatic heterocycles. The smallest absolute Gasteiger partial charge is 0.335 e. The molecule has 0 spiro atoms. The van der Waals surface area contributed by atoms with Gasteiger partial charge in [-0.2, -0.15) is 0 Å². The molecule has 0 atom stereocenters. The van der Waals surface area contributed by atoms with Crippen molar-refractivity contribution in [2.24, 2.45) is 0 Å². The lowest BCUT2D eigenvalue weighted by atomic mass is 10.1. The largest absolute Gasteiger partial charge is 0.478 e. The normalized spacial score (nSPS) is 12.9. The zero-order chi connectivity index (χ0) is 18.8. The molecular weight excluding hydrogens is 382 g/mol. The van der Waals surface area contributed by atoms with E-state index in [4.69, 9.17) is 5.11 Å². The number of nitrogens with zero attached hydrogens (tertiary/aromatic N) is 2. The lowest BCUT2D eigenvalue weighted by Crippen LogP contribution is -2.24. The lowest BCUT2D eigenvalue weighted by molar-refractivity contribution is -0.118. The fraction of sp³-hybridized carbons (Fsp3) is 0.263. The van der Waals surface area contributed by atoms with E-state index in [0.717, 1.165) is 33.6 Å². The van der Waals surface area contributed by atoms with E-state index in [1.54, 1.807) is 29.8 Å². The number of carboxylic acid groups (broad SMARTS) is 1. The third-order valence-corrected chi connectivity index (χ3v) is 6.69. The Kier molecular flexibility index (Phi) is 5.09. The third-order valence-electron chi connectivity index (χ3n) is 4.50. The number of fused-ring (bicyclic) bond motifs is 3. The van der Waals surface area contributed by atoms with Gasteiger partial charge in [0.2, 0.25) is 5.91 Å². The number of thiophene rings is 1. The highest BCUT2D eigenvalue weighted by Crippen LogP contribution is 2.39. The highest BCUT2D eigenvalue weighted by Gasteiger charge is 2.21. The minimum Gasteiger partial charge on any atom is -0.478 e. The second kappa shape index (κ2) is 7.66. The molecular formula is C19H17N3O3S2. The van der Waals surface area contributed by atoms with Crippen molar-refractivity contribution in [3.63, 3.8) is 0 Å². The Morgan fingerprint density at radius 2 is 2.00 bits per heavy atom. The van der Waals surface area contributed by atoms with E-state index in [2.05, 4.69) is 15.3 Å². The number of rotatable bonds is 6. The first-order chi connectivity index (χ1) is 13.1. The van der Waals surface area contributed by atoms with Gasteiger partial charge in [0.25, 0.3) is 0 Å². The second-order valence-corrected chi connectivity index (χ2v) is 8.33. The van der Waals surface area contributed by atoms with Crippen LogP contribution in [0, 0.1) is 0 Å². The number of aromatic carboxylic acids is 1. The van der Waals surface area contributed by atoms with Crippen LogP contribution in [0.25, 0.3) is 10.2 Å².